The zero-order valence-electron chi connectivity index (χ0n) is 17.7. The Morgan fingerprint density at radius 2 is 1.81 bits per heavy atom. The fourth-order valence-corrected chi connectivity index (χ4v) is 3.84. The van der Waals surface area contributed by atoms with E-state index in [0.29, 0.717) is 35.7 Å². The van der Waals surface area contributed by atoms with Gasteiger partial charge in [0, 0.05) is 25.2 Å². The third-order valence-electron chi connectivity index (χ3n) is 5.52. The highest BCUT2D eigenvalue weighted by Crippen LogP contribution is 2.25. The van der Waals surface area contributed by atoms with Crippen molar-refractivity contribution < 1.29 is 14.5 Å². The standard InChI is InChI=1S/C22H22N6O4/c1-14-7-5-10-18(19(14)22(30)26-11-3-4-12-26)23-21(29)20-15(2)27(25-24-20)16-8-6-9-17(13-16)28(31)32/h5-10,13H,3-4,11-12H2,1-2H3,(H,23,29). The maximum atomic E-state index is 13.0. The van der Waals surface area contributed by atoms with E-state index in [1.54, 1.807) is 30.0 Å². The fourth-order valence-electron chi connectivity index (χ4n) is 3.84. The van der Waals surface area contributed by atoms with Gasteiger partial charge >= 0.3 is 0 Å². The summed E-state index contributed by atoms with van der Waals surface area (Å²) >= 11 is 0. The van der Waals surface area contributed by atoms with Gasteiger partial charge in [-0.2, -0.15) is 0 Å². The summed E-state index contributed by atoms with van der Waals surface area (Å²) in [7, 11) is 0. The molecular weight excluding hydrogens is 412 g/mol. The number of anilines is 1. The van der Waals surface area contributed by atoms with E-state index in [2.05, 4.69) is 15.6 Å². The summed E-state index contributed by atoms with van der Waals surface area (Å²) in [6.07, 6.45) is 1.94. The highest BCUT2D eigenvalue weighted by atomic mass is 16.6. The van der Waals surface area contributed by atoms with Crippen molar-refractivity contribution in [2.75, 3.05) is 18.4 Å². The van der Waals surface area contributed by atoms with Gasteiger partial charge in [0.25, 0.3) is 17.5 Å². The second-order valence-electron chi connectivity index (χ2n) is 7.66. The van der Waals surface area contributed by atoms with Gasteiger partial charge in [0.1, 0.15) is 0 Å². The smallest absolute Gasteiger partial charge is 0.278 e. The molecule has 32 heavy (non-hydrogen) atoms. The number of nitro benzene ring substituents is 1. The number of non-ortho nitro benzene ring substituents is 1. The zero-order valence-corrected chi connectivity index (χ0v) is 17.7. The summed E-state index contributed by atoms with van der Waals surface area (Å²) in [6.45, 7) is 4.90. The first-order chi connectivity index (χ1) is 15.4. The van der Waals surface area contributed by atoms with Crippen LogP contribution in [-0.4, -0.2) is 49.7 Å². The van der Waals surface area contributed by atoms with E-state index in [1.807, 2.05) is 13.0 Å². The molecule has 0 aliphatic carbocycles. The Morgan fingerprint density at radius 3 is 2.53 bits per heavy atom. The number of rotatable bonds is 5. The van der Waals surface area contributed by atoms with Crippen LogP contribution in [0, 0.1) is 24.0 Å². The molecule has 3 aromatic rings. The van der Waals surface area contributed by atoms with Crippen molar-refractivity contribution >= 4 is 23.2 Å². The van der Waals surface area contributed by atoms with E-state index >= 15 is 0 Å². The van der Waals surface area contributed by atoms with E-state index in [0.717, 1.165) is 18.4 Å². The van der Waals surface area contributed by atoms with Crippen molar-refractivity contribution in [1.82, 2.24) is 19.9 Å². The number of hydrogen-bond donors (Lipinski definition) is 1. The number of aromatic nitrogens is 3. The van der Waals surface area contributed by atoms with Crippen molar-refractivity contribution in [3.8, 4) is 5.69 Å². The lowest BCUT2D eigenvalue weighted by Crippen LogP contribution is -2.29. The molecule has 2 aromatic carbocycles. The Balaban J connectivity index is 1.62. The van der Waals surface area contributed by atoms with Crippen LogP contribution in [0.1, 0.15) is 44.9 Å². The van der Waals surface area contributed by atoms with Crippen LogP contribution >= 0.6 is 0 Å². The average Bonchev–Trinajstić information content (AvgIpc) is 3.43. The molecule has 0 radical (unpaired) electrons. The number of nitro groups is 1. The Morgan fingerprint density at radius 1 is 1.09 bits per heavy atom. The summed E-state index contributed by atoms with van der Waals surface area (Å²) in [5.74, 6) is -0.617. The molecule has 10 nitrogen and oxygen atoms in total. The Labute approximate surface area is 184 Å². The Kier molecular flexibility index (Phi) is 5.67. The third-order valence-corrected chi connectivity index (χ3v) is 5.52. The van der Waals surface area contributed by atoms with Crippen molar-refractivity contribution in [3.05, 3.63) is 75.1 Å². The summed E-state index contributed by atoms with van der Waals surface area (Å²) in [4.78, 5) is 38.4. The molecule has 164 valence electrons. The number of likely N-dealkylation sites (tertiary alicyclic amines) is 1. The maximum absolute atomic E-state index is 13.0. The van der Waals surface area contributed by atoms with Crippen LogP contribution in [0.25, 0.3) is 5.69 Å². The second kappa shape index (κ2) is 8.58. The molecule has 4 rings (SSSR count). The van der Waals surface area contributed by atoms with Crippen LogP contribution in [0.3, 0.4) is 0 Å². The number of nitrogens with zero attached hydrogens (tertiary/aromatic N) is 5. The average molecular weight is 434 g/mol. The number of carbonyl (C=O) groups excluding carboxylic acids is 2. The molecule has 0 unspecified atom stereocenters. The van der Waals surface area contributed by atoms with E-state index in [-0.39, 0.29) is 17.3 Å². The van der Waals surface area contributed by atoms with E-state index in [4.69, 9.17) is 0 Å². The summed E-state index contributed by atoms with van der Waals surface area (Å²) in [6, 6.07) is 11.2. The van der Waals surface area contributed by atoms with Gasteiger partial charge in [-0.1, -0.05) is 23.4 Å². The van der Waals surface area contributed by atoms with Crippen molar-refractivity contribution in [1.29, 1.82) is 0 Å². The molecule has 2 amide bonds. The zero-order chi connectivity index (χ0) is 22.8. The Bertz CT molecular complexity index is 1210. The largest absolute Gasteiger partial charge is 0.339 e. The quantitative estimate of drug-likeness (QED) is 0.486. The molecule has 1 fully saturated rings. The van der Waals surface area contributed by atoms with Gasteiger partial charge in [0.15, 0.2) is 5.69 Å². The molecular formula is C22H22N6O4. The van der Waals surface area contributed by atoms with Crippen LogP contribution in [0.2, 0.25) is 0 Å². The third kappa shape index (κ3) is 3.94. The number of amides is 2. The molecule has 10 heteroatoms. The van der Waals surface area contributed by atoms with Gasteiger partial charge in [-0.25, -0.2) is 4.68 Å². The van der Waals surface area contributed by atoms with E-state index < -0.39 is 10.8 Å². The molecule has 0 bridgehead atoms. The topological polar surface area (TPSA) is 123 Å². The number of nitrogens with one attached hydrogen (secondary N) is 1. The SMILES string of the molecule is Cc1cccc(NC(=O)c2nnn(-c3cccc([N+](=O)[O-])c3)c2C)c1C(=O)N1CCCC1. The number of carbonyl (C=O) groups is 2. The van der Waals surface area contributed by atoms with Gasteiger partial charge < -0.3 is 10.2 Å². The number of hydrogen-bond acceptors (Lipinski definition) is 6. The minimum atomic E-state index is -0.514. The lowest BCUT2D eigenvalue weighted by Gasteiger charge is -2.19. The van der Waals surface area contributed by atoms with Gasteiger partial charge in [-0.3, -0.25) is 19.7 Å². The number of aryl methyl sites for hydroxylation is 1. The molecule has 1 aliphatic rings. The van der Waals surface area contributed by atoms with Crippen molar-refractivity contribution in [2.24, 2.45) is 0 Å². The van der Waals surface area contributed by atoms with E-state index in [1.165, 1.54) is 22.9 Å². The molecule has 1 saturated heterocycles. The van der Waals surface area contributed by atoms with Gasteiger partial charge in [0.2, 0.25) is 0 Å². The van der Waals surface area contributed by atoms with Crippen LogP contribution in [-0.2, 0) is 0 Å². The fraction of sp³-hybridized carbons (Fsp3) is 0.273. The van der Waals surface area contributed by atoms with Gasteiger partial charge in [-0.05, 0) is 44.4 Å². The molecule has 1 N–H and O–H groups in total. The summed E-state index contributed by atoms with van der Waals surface area (Å²) in [5.41, 5.74) is 2.47. The lowest BCUT2D eigenvalue weighted by atomic mass is 10.0. The second-order valence-corrected chi connectivity index (χ2v) is 7.66. The first-order valence-electron chi connectivity index (χ1n) is 10.2. The molecule has 0 saturated carbocycles. The van der Waals surface area contributed by atoms with Gasteiger partial charge in [-0.15, -0.1) is 5.10 Å². The first kappa shape index (κ1) is 21.2. The molecule has 2 heterocycles. The summed E-state index contributed by atoms with van der Waals surface area (Å²) < 4.78 is 1.37. The minimum absolute atomic E-state index is 0.0672. The normalized spacial score (nSPS) is 13.2. The van der Waals surface area contributed by atoms with Crippen LogP contribution in [0.5, 0.6) is 0 Å². The van der Waals surface area contributed by atoms with Crippen LogP contribution in [0.4, 0.5) is 11.4 Å². The monoisotopic (exact) mass is 434 g/mol. The Hall–Kier alpha value is -4.08. The van der Waals surface area contributed by atoms with Crippen LogP contribution < -0.4 is 5.32 Å². The molecule has 1 aromatic heterocycles. The predicted molar refractivity (Wildman–Crippen MR) is 117 cm³/mol. The summed E-state index contributed by atoms with van der Waals surface area (Å²) in [5, 5.41) is 21.8. The lowest BCUT2D eigenvalue weighted by molar-refractivity contribution is -0.384. The van der Waals surface area contributed by atoms with Crippen molar-refractivity contribution in [3.63, 3.8) is 0 Å². The van der Waals surface area contributed by atoms with Crippen molar-refractivity contribution in [2.45, 2.75) is 26.7 Å². The molecule has 1 aliphatic heterocycles. The van der Waals surface area contributed by atoms with E-state index in [9.17, 15) is 19.7 Å². The highest BCUT2D eigenvalue weighted by Gasteiger charge is 2.25. The minimum Gasteiger partial charge on any atom is -0.339 e. The molecule has 0 atom stereocenters. The molecule has 0 spiro atoms. The highest BCUT2D eigenvalue weighted by molar-refractivity contribution is 6.09. The first-order valence-corrected chi connectivity index (χ1v) is 10.2. The maximum Gasteiger partial charge on any atom is 0.278 e. The van der Waals surface area contributed by atoms with Gasteiger partial charge in [0.05, 0.1) is 27.6 Å². The van der Waals surface area contributed by atoms with Crippen LogP contribution in [0.15, 0.2) is 42.5 Å². The predicted octanol–water partition coefficient (Wildman–Crippen LogP) is 3.28. The number of benzene rings is 2.